The Kier molecular flexibility index (Phi) is 4.52. The number of hydrogen-bond donors (Lipinski definition) is 1. The number of carbonyl (C=O) groups excluding carboxylic acids is 1. The highest BCUT2D eigenvalue weighted by Crippen LogP contribution is 2.43. The second kappa shape index (κ2) is 6.81. The molecule has 1 aromatic carbocycles. The summed E-state index contributed by atoms with van der Waals surface area (Å²) in [6, 6.07) is 9.07. The van der Waals surface area contributed by atoms with E-state index in [9.17, 15) is 9.90 Å². The average Bonchev–Trinajstić information content (AvgIpc) is 3.10. The van der Waals surface area contributed by atoms with Gasteiger partial charge in [0.05, 0.1) is 6.04 Å². The fourth-order valence-electron chi connectivity index (χ4n) is 4.15. The third-order valence-corrected chi connectivity index (χ3v) is 6.62. The topological polar surface area (TPSA) is 43.8 Å². The molecule has 2 aliphatic rings. The van der Waals surface area contributed by atoms with E-state index in [0.29, 0.717) is 11.5 Å². The SMILES string of the molecule is CN1CCC(C2c3sccc3CCN2C(=O)c2ccc(O)cc2)CC1. The highest BCUT2D eigenvalue weighted by atomic mass is 32.1. The van der Waals surface area contributed by atoms with Crippen LogP contribution in [0.5, 0.6) is 5.75 Å². The summed E-state index contributed by atoms with van der Waals surface area (Å²) in [6.45, 7) is 2.98. The fourth-order valence-corrected chi connectivity index (χ4v) is 5.31. The molecule has 0 radical (unpaired) electrons. The van der Waals surface area contributed by atoms with E-state index >= 15 is 0 Å². The molecule has 1 N–H and O–H groups in total. The van der Waals surface area contributed by atoms with Gasteiger partial charge in [-0.2, -0.15) is 0 Å². The molecule has 25 heavy (non-hydrogen) atoms. The highest BCUT2D eigenvalue weighted by Gasteiger charge is 2.38. The fraction of sp³-hybridized carbons (Fsp3) is 0.450. The van der Waals surface area contributed by atoms with Crippen LogP contribution >= 0.6 is 11.3 Å². The van der Waals surface area contributed by atoms with E-state index in [0.717, 1.165) is 38.9 Å². The van der Waals surface area contributed by atoms with Crippen LogP contribution in [0.15, 0.2) is 35.7 Å². The number of amides is 1. The van der Waals surface area contributed by atoms with E-state index in [2.05, 4.69) is 28.3 Å². The molecule has 1 aromatic heterocycles. The van der Waals surface area contributed by atoms with E-state index in [1.807, 2.05) is 0 Å². The molecule has 2 aliphatic heterocycles. The minimum absolute atomic E-state index is 0.0861. The molecule has 132 valence electrons. The maximum Gasteiger partial charge on any atom is 0.254 e. The lowest BCUT2D eigenvalue weighted by Crippen LogP contribution is -2.45. The number of hydrogen-bond acceptors (Lipinski definition) is 4. The van der Waals surface area contributed by atoms with Crippen molar-refractivity contribution < 1.29 is 9.90 Å². The van der Waals surface area contributed by atoms with Crippen molar-refractivity contribution in [3.8, 4) is 5.75 Å². The second-order valence-electron chi connectivity index (χ2n) is 7.19. The monoisotopic (exact) mass is 356 g/mol. The first-order valence-electron chi connectivity index (χ1n) is 8.98. The predicted molar refractivity (Wildman–Crippen MR) is 100 cm³/mol. The van der Waals surface area contributed by atoms with E-state index in [1.165, 1.54) is 10.4 Å². The predicted octanol–water partition coefficient (Wildman–Crippen LogP) is 3.54. The molecular weight excluding hydrogens is 332 g/mol. The standard InChI is InChI=1S/C20H24N2O2S/c1-21-10-6-14(7-11-21)18-19-15(9-13-25-19)8-12-22(18)20(24)16-2-4-17(23)5-3-16/h2-5,9,13-14,18,23H,6-8,10-12H2,1H3. The summed E-state index contributed by atoms with van der Waals surface area (Å²) in [4.78, 5) is 19.0. The number of aromatic hydroxyl groups is 1. The first-order valence-corrected chi connectivity index (χ1v) is 9.86. The van der Waals surface area contributed by atoms with Gasteiger partial charge in [0.1, 0.15) is 5.75 Å². The number of nitrogens with zero attached hydrogens (tertiary/aromatic N) is 2. The number of phenolic OH excluding ortho intramolecular Hbond substituents is 1. The average molecular weight is 356 g/mol. The van der Waals surface area contributed by atoms with Crippen LogP contribution in [0.2, 0.25) is 0 Å². The lowest BCUT2D eigenvalue weighted by atomic mass is 9.84. The third kappa shape index (κ3) is 3.18. The quantitative estimate of drug-likeness (QED) is 0.895. The van der Waals surface area contributed by atoms with Gasteiger partial charge < -0.3 is 14.9 Å². The van der Waals surface area contributed by atoms with Crippen LogP contribution in [-0.4, -0.2) is 47.5 Å². The van der Waals surface area contributed by atoms with Gasteiger partial charge in [-0.1, -0.05) is 0 Å². The smallest absolute Gasteiger partial charge is 0.254 e. The molecule has 2 aromatic rings. The summed E-state index contributed by atoms with van der Waals surface area (Å²) in [6.07, 6.45) is 3.21. The first kappa shape index (κ1) is 16.6. The van der Waals surface area contributed by atoms with Gasteiger partial charge in [-0.15, -0.1) is 11.3 Å². The molecule has 4 rings (SSSR count). The molecule has 1 unspecified atom stereocenters. The Morgan fingerprint density at radius 2 is 1.84 bits per heavy atom. The Morgan fingerprint density at radius 1 is 1.12 bits per heavy atom. The van der Waals surface area contributed by atoms with Gasteiger partial charge in [-0.25, -0.2) is 0 Å². The Hall–Kier alpha value is -1.85. The van der Waals surface area contributed by atoms with Crippen molar-refractivity contribution in [1.82, 2.24) is 9.80 Å². The highest BCUT2D eigenvalue weighted by molar-refractivity contribution is 7.10. The maximum absolute atomic E-state index is 13.2. The molecule has 3 heterocycles. The maximum atomic E-state index is 13.2. The summed E-state index contributed by atoms with van der Waals surface area (Å²) in [5, 5.41) is 11.7. The number of phenols is 1. The zero-order valence-electron chi connectivity index (χ0n) is 14.5. The lowest BCUT2D eigenvalue weighted by Gasteiger charge is -2.43. The molecule has 0 spiro atoms. The number of benzene rings is 1. The minimum atomic E-state index is 0.0861. The summed E-state index contributed by atoms with van der Waals surface area (Å²) in [5.74, 6) is 0.806. The van der Waals surface area contributed by atoms with Crippen molar-refractivity contribution in [2.75, 3.05) is 26.7 Å². The molecule has 0 saturated carbocycles. The number of rotatable bonds is 2. The minimum Gasteiger partial charge on any atom is -0.508 e. The van der Waals surface area contributed by atoms with Crippen LogP contribution in [0.4, 0.5) is 0 Å². The number of piperidine rings is 1. The van der Waals surface area contributed by atoms with Crippen molar-refractivity contribution in [3.63, 3.8) is 0 Å². The molecular formula is C20H24N2O2S. The largest absolute Gasteiger partial charge is 0.508 e. The van der Waals surface area contributed by atoms with Crippen molar-refractivity contribution in [3.05, 3.63) is 51.7 Å². The van der Waals surface area contributed by atoms with E-state index in [4.69, 9.17) is 0 Å². The van der Waals surface area contributed by atoms with E-state index < -0.39 is 0 Å². The van der Waals surface area contributed by atoms with Crippen molar-refractivity contribution in [2.45, 2.75) is 25.3 Å². The molecule has 1 amide bonds. The third-order valence-electron chi connectivity index (χ3n) is 5.59. The summed E-state index contributed by atoms with van der Waals surface area (Å²) in [7, 11) is 2.17. The zero-order valence-corrected chi connectivity index (χ0v) is 15.3. The van der Waals surface area contributed by atoms with Crippen molar-refractivity contribution in [1.29, 1.82) is 0 Å². The van der Waals surface area contributed by atoms with Gasteiger partial charge in [0, 0.05) is 17.0 Å². The van der Waals surface area contributed by atoms with Gasteiger partial charge in [0.25, 0.3) is 5.91 Å². The zero-order chi connectivity index (χ0) is 17.4. The van der Waals surface area contributed by atoms with Crippen LogP contribution in [0.3, 0.4) is 0 Å². The van der Waals surface area contributed by atoms with Crippen molar-refractivity contribution in [2.24, 2.45) is 5.92 Å². The van der Waals surface area contributed by atoms with Gasteiger partial charge in [0.15, 0.2) is 0 Å². The van der Waals surface area contributed by atoms with Gasteiger partial charge in [0.2, 0.25) is 0 Å². The molecule has 1 saturated heterocycles. The second-order valence-corrected chi connectivity index (χ2v) is 8.14. The Bertz CT molecular complexity index is 747. The molecule has 1 fully saturated rings. The van der Waals surface area contributed by atoms with Crippen LogP contribution in [0.1, 0.15) is 39.7 Å². The van der Waals surface area contributed by atoms with Crippen molar-refractivity contribution >= 4 is 17.2 Å². The lowest BCUT2D eigenvalue weighted by molar-refractivity contribution is 0.0510. The number of thiophene rings is 1. The van der Waals surface area contributed by atoms with Gasteiger partial charge >= 0.3 is 0 Å². The Balaban J connectivity index is 1.65. The van der Waals surface area contributed by atoms with Crippen LogP contribution in [-0.2, 0) is 6.42 Å². The molecule has 5 heteroatoms. The Labute approximate surface area is 152 Å². The molecule has 4 nitrogen and oxygen atoms in total. The Morgan fingerprint density at radius 3 is 2.56 bits per heavy atom. The summed E-state index contributed by atoms with van der Waals surface area (Å²) < 4.78 is 0. The van der Waals surface area contributed by atoms with Crippen LogP contribution in [0, 0.1) is 5.92 Å². The van der Waals surface area contributed by atoms with E-state index in [1.54, 1.807) is 35.6 Å². The molecule has 0 bridgehead atoms. The van der Waals surface area contributed by atoms with Crippen LogP contribution < -0.4 is 0 Å². The number of fused-ring (bicyclic) bond motifs is 1. The normalized spacial score (nSPS) is 22.0. The van der Waals surface area contributed by atoms with Crippen LogP contribution in [0.25, 0.3) is 0 Å². The first-order chi connectivity index (χ1) is 12.1. The summed E-state index contributed by atoms with van der Waals surface area (Å²) >= 11 is 1.80. The van der Waals surface area contributed by atoms with E-state index in [-0.39, 0.29) is 17.7 Å². The summed E-state index contributed by atoms with van der Waals surface area (Å²) in [5.41, 5.74) is 2.08. The van der Waals surface area contributed by atoms with Gasteiger partial charge in [-0.05, 0) is 86.6 Å². The number of likely N-dealkylation sites (tertiary alicyclic amines) is 1. The van der Waals surface area contributed by atoms with Gasteiger partial charge in [-0.3, -0.25) is 4.79 Å². The molecule has 0 aliphatic carbocycles. The molecule has 1 atom stereocenters. The number of carbonyl (C=O) groups is 1.